The van der Waals surface area contributed by atoms with Crippen molar-refractivity contribution in [3.8, 4) is 0 Å². The monoisotopic (exact) mass is 526 g/mol. The minimum absolute atomic E-state index is 0.0409. The highest BCUT2D eigenvalue weighted by atomic mass is 32.2. The van der Waals surface area contributed by atoms with E-state index in [1.165, 1.54) is 0 Å². The molecule has 2 aromatic rings. The number of amides is 1. The number of rotatable bonds is 12. The number of hydrogen-bond donors (Lipinski definition) is 1. The molecule has 2 fully saturated rings. The fourth-order valence-corrected chi connectivity index (χ4v) is 7.98. The molecule has 0 aliphatic heterocycles. The predicted octanol–water partition coefficient (Wildman–Crippen LogP) is 4.89. The van der Waals surface area contributed by atoms with E-state index in [4.69, 9.17) is 0 Å². The van der Waals surface area contributed by atoms with Crippen LogP contribution in [0.3, 0.4) is 0 Å². The smallest absolute Gasteiger partial charge is 0.253 e. The van der Waals surface area contributed by atoms with Crippen LogP contribution in [0.1, 0.15) is 73.7 Å². The number of aliphatic hydroxyl groups is 1. The van der Waals surface area contributed by atoms with Crippen molar-refractivity contribution in [3.63, 3.8) is 0 Å². The Kier molecular flexibility index (Phi) is 10.2. The number of nitrogens with zero attached hydrogens (tertiary/aromatic N) is 2. The van der Waals surface area contributed by atoms with Gasteiger partial charge in [-0.2, -0.15) is 4.31 Å². The van der Waals surface area contributed by atoms with Crippen molar-refractivity contribution in [2.45, 2.75) is 75.6 Å². The third-order valence-electron chi connectivity index (χ3n) is 7.94. The van der Waals surface area contributed by atoms with Crippen LogP contribution in [-0.2, 0) is 16.4 Å². The maximum atomic E-state index is 13.7. The van der Waals surface area contributed by atoms with Crippen LogP contribution in [0.5, 0.6) is 0 Å². The summed E-state index contributed by atoms with van der Waals surface area (Å²) in [5.74, 6) is 0.207. The molecule has 0 aromatic heterocycles. The zero-order chi connectivity index (χ0) is 26.1. The van der Waals surface area contributed by atoms with Gasteiger partial charge in [-0.25, -0.2) is 8.42 Å². The minimum atomic E-state index is -3.50. The van der Waals surface area contributed by atoms with Crippen molar-refractivity contribution in [1.82, 2.24) is 9.21 Å². The average Bonchev–Trinajstić information content (AvgIpc) is 3.45. The molecule has 2 aliphatic rings. The first-order valence-corrected chi connectivity index (χ1v) is 15.5. The predicted molar refractivity (Wildman–Crippen MR) is 148 cm³/mol. The highest BCUT2D eigenvalue weighted by molar-refractivity contribution is 7.89. The summed E-state index contributed by atoms with van der Waals surface area (Å²) < 4.78 is 29.0. The summed E-state index contributed by atoms with van der Waals surface area (Å²) in [6.45, 7) is 1.07. The summed E-state index contributed by atoms with van der Waals surface area (Å²) >= 11 is 0. The molecule has 1 N–H and O–H groups in total. The lowest BCUT2D eigenvalue weighted by Crippen LogP contribution is -2.48. The second-order valence-corrected chi connectivity index (χ2v) is 13.0. The lowest BCUT2D eigenvalue weighted by molar-refractivity contribution is 0.0584. The first kappa shape index (κ1) is 27.8. The van der Waals surface area contributed by atoms with Crippen LogP contribution < -0.4 is 0 Å². The molecule has 4 rings (SSSR count). The Morgan fingerprint density at radius 1 is 0.838 bits per heavy atom. The molecule has 0 bridgehead atoms. The maximum Gasteiger partial charge on any atom is 0.253 e. The Morgan fingerprint density at radius 2 is 1.43 bits per heavy atom. The van der Waals surface area contributed by atoms with Crippen LogP contribution in [0.25, 0.3) is 0 Å². The second kappa shape index (κ2) is 13.5. The molecule has 7 heteroatoms. The Labute approximate surface area is 222 Å². The van der Waals surface area contributed by atoms with E-state index < -0.39 is 16.1 Å². The largest absolute Gasteiger partial charge is 0.390 e. The van der Waals surface area contributed by atoms with E-state index in [1.807, 2.05) is 48.5 Å². The summed E-state index contributed by atoms with van der Waals surface area (Å²) in [7, 11) is -3.50. The number of benzene rings is 2. The Bertz CT molecular complexity index is 1070. The normalized spacial score (nSPS) is 18.2. The zero-order valence-electron chi connectivity index (χ0n) is 21.9. The highest BCUT2D eigenvalue weighted by Crippen LogP contribution is 2.30. The van der Waals surface area contributed by atoms with E-state index in [0.29, 0.717) is 43.8 Å². The molecular weight excluding hydrogens is 484 g/mol. The van der Waals surface area contributed by atoms with Gasteiger partial charge in [-0.05, 0) is 55.7 Å². The number of hydrogen-bond acceptors (Lipinski definition) is 4. The molecule has 2 saturated carbocycles. The zero-order valence-corrected chi connectivity index (χ0v) is 22.7. The van der Waals surface area contributed by atoms with E-state index in [9.17, 15) is 18.3 Å². The first-order chi connectivity index (χ1) is 17.9. The molecule has 6 nitrogen and oxygen atoms in total. The van der Waals surface area contributed by atoms with Crippen LogP contribution >= 0.6 is 0 Å². The van der Waals surface area contributed by atoms with Gasteiger partial charge in [0.05, 0.1) is 11.4 Å². The third kappa shape index (κ3) is 7.88. The fraction of sp³-hybridized carbons (Fsp3) is 0.567. The molecule has 0 spiro atoms. The summed E-state index contributed by atoms with van der Waals surface area (Å²) in [5.41, 5.74) is 1.69. The molecule has 1 atom stereocenters. The molecule has 0 heterocycles. The number of carbonyl (C=O) groups excluding carboxylic acids is 1. The number of carbonyl (C=O) groups is 1. The van der Waals surface area contributed by atoms with Crippen molar-refractivity contribution in [3.05, 3.63) is 71.8 Å². The van der Waals surface area contributed by atoms with Crippen LogP contribution in [0.15, 0.2) is 60.7 Å². The van der Waals surface area contributed by atoms with Gasteiger partial charge in [0.25, 0.3) is 5.91 Å². The van der Waals surface area contributed by atoms with Crippen molar-refractivity contribution >= 4 is 15.9 Å². The second-order valence-electron chi connectivity index (χ2n) is 10.8. The Balaban J connectivity index is 1.48. The minimum Gasteiger partial charge on any atom is -0.390 e. The quantitative estimate of drug-likeness (QED) is 0.427. The fourth-order valence-electron chi connectivity index (χ4n) is 5.83. The maximum absolute atomic E-state index is 13.7. The third-order valence-corrected chi connectivity index (χ3v) is 10.3. The topological polar surface area (TPSA) is 77.9 Å². The van der Waals surface area contributed by atoms with Crippen molar-refractivity contribution in [1.29, 1.82) is 0 Å². The lowest BCUT2D eigenvalue weighted by Gasteiger charge is -2.33. The van der Waals surface area contributed by atoms with Crippen LogP contribution in [-0.4, -0.2) is 66.2 Å². The van der Waals surface area contributed by atoms with Gasteiger partial charge in [-0.15, -0.1) is 0 Å². The molecule has 202 valence electrons. The van der Waals surface area contributed by atoms with E-state index in [-0.39, 0.29) is 24.2 Å². The van der Waals surface area contributed by atoms with Crippen LogP contribution in [0, 0.1) is 5.92 Å². The molecule has 2 aliphatic carbocycles. The van der Waals surface area contributed by atoms with E-state index >= 15 is 0 Å². The van der Waals surface area contributed by atoms with Crippen LogP contribution in [0.4, 0.5) is 0 Å². The van der Waals surface area contributed by atoms with Gasteiger partial charge in [0.15, 0.2) is 0 Å². The van der Waals surface area contributed by atoms with Gasteiger partial charge >= 0.3 is 0 Å². The highest BCUT2D eigenvalue weighted by Gasteiger charge is 2.36. The van der Waals surface area contributed by atoms with E-state index in [1.54, 1.807) is 21.3 Å². The van der Waals surface area contributed by atoms with Gasteiger partial charge in [0.2, 0.25) is 10.0 Å². The van der Waals surface area contributed by atoms with E-state index in [2.05, 4.69) is 0 Å². The van der Waals surface area contributed by atoms with Gasteiger partial charge in [-0.3, -0.25) is 4.79 Å². The standard InChI is InChI=1S/C30H42N2O4S/c33-28(24-32(22-26-14-10-11-15-26)37(35,36)29-18-8-3-9-19-29)23-31(21-20-25-12-4-1-5-13-25)30(34)27-16-6-2-7-17-27/h1-2,4-7,12-13,16-17,26,28-29,33H,3,8-11,14-15,18-24H2/t28-/m0/s1. The van der Waals surface area contributed by atoms with Gasteiger partial charge in [-0.1, -0.05) is 80.6 Å². The summed E-state index contributed by atoms with van der Waals surface area (Å²) in [6.07, 6.45) is 8.48. The molecule has 37 heavy (non-hydrogen) atoms. The number of aliphatic hydroxyl groups excluding tert-OH is 1. The lowest BCUT2D eigenvalue weighted by atomic mass is 10.0. The summed E-state index contributed by atoms with van der Waals surface area (Å²) in [5, 5.41) is 10.9. The Hall–Kier alpha value is -2.22. The molecular formula is C30H42N2O4S. The molecule has 0 radical (unpaired) electrons. The average molecular weight is 527 g/mol. The van der Waals surface area contributed by atoms with Crippen molar-refractivity contribution in [2.24, 2.45) is 5.92 Å². The van der Waals surface area contributed by atoms with Gasteiger partial charge < -0.3 is 10.0 Å². The molecule has 0 unspecified atom stereocenters. The molecule has 0 saturated heterocycles. The molecule has 1 amide bonds. The summed E-state index contributed by atoms with van der Waals surface area (Å²) in [4.78, 5) is 15.1. The Morgan fingerprint density at radius 3 is 2.08 bits per heavy atom. The van der Waals surface area contributed by atoms with Crippen LogP contribution in [0.2, 0.25) is 0 Å². The van der Waals surface area contributed by atoms with Crippen molar-refractivity contribution in [2.75, 3.05) is 26.2 Å². The van der Waals surface area contributed by atoms with Gasteiger partial charge in [0.1, 0.15) is 0 Å². The van der Waals surface area contributed by atoms with E-state index in [0.717, 1.165) is 50.5 Å². The van der Waals surface area contributed by atoms with Crippen molar-refractivity contribution < 1.29 is 18.3 Å². The number of sulfonamides is 1. The summed E-state index contributed by atoms with van der Waals surface area (Å²) in [6, 6.07) is 19.1. The SMILES string of the molecule is O=C(c1ccccc1)N(CCc1ccccc1)C[C@H](O)CN(CC1CCCC1)S(=O)(=O)C1CCCCC1. The first-order valence-electron chi connectivity index (χ1n) is 14.0. The van der Waals surface area contributed by atoms with Gasteiger partial charge in [0, 0.05) is 31.7 Å². The molecule has 2 aromatic carbocycles.